The third-order valence-corrected chi connectivity index (χ3v) is 3.01. The second-order valence-electron chi connectivity index (χ2n) is 3.58. The van der Waals surface area contributed by atoms with Crippen molar-refractivity contribution in [2.45, 2.75) is 33.7 Å². The summed E-state index contributed by atoms with van der Waals surface area (Å²) in [6.45, 7) is 7.95. The minimum absolute atomic E-state index is 0.0787. The summed E-state index contributed by atoms with van der Waals surface area (Å²) in [5.41, 5.74) is 0. The average Bonchev–Trinajstić information content (AvgIpc) is 2.02. The Kier molecular flexibility index (Phi) is 5.55. The van der Waals surface area contributed by atoms with Crippen LogP contribution in [0.15, 0.2) is 0 Å². The molecule has 2 unspecified atom stereocenters. The lowest BCUT2D eigenvalue weighted by Gasteiger charge is -2.20. The van der Waals surface area contributed by atoms with E-state index in [1.807, 2.05) is 20.8 Å². The molecule has 0 fully saturated rings. The number of nitrogens with one attached hydrogen (secondary N) is 1. The van der Waals surface area contributed by atoms with Crippen molar-refractivity contribution in [3.05, 3.63) is 0 Å². The zero-order valence-corrected chi connectivity index (χ0v) is 9.81. The van der Waals surface area contributed by atoms with Crippen LogP contribution in [0.2, 0.25) is 0 Å². The van der Waals surface area contributed by atoms with Gasteiger partial charge in [0.25, 0.3) is 0 Å². The van der Waals surface area contributed by atoms with E-state index in [0.717, 1.165) is 5.33 Å². The second kappa shape index (κ2) is 5.57. The van der Waals surface area contributed by atoms with E-state index in [0.29, 0.717) is 5.92 Å². The fourth-order valence-corrected chi connectivity index (χ4v) is 1.23. The van der Waals surface area contributed by atoms with Crippen LogP contribution in [-0.4, -0.2) is 17.3 Å². The maximum atomic E-state index is 11.2. The summed E-state index contributed by atoms with van der Waals surface area (Å²) in [6.07, 6.45) is 0. The first-order chi connectivity index (χ1) is 5.49. The summed E-state index contributed by atoms with van der Waals surface area (Å²) in [7, 11) is 0. The molecule has 0 radical (unpaired) electrons. The first-order valence-corrected chi connectivity index (χ1v) is 5.47. The number of alkyl halides is 1. The second-order valence-corrected chi connectivity index (χ2v) is 4.23. The van der Waals surface area contributed by atoms with E-state index < -0.39 is 0 Å². The van der Waals surface area contributed by atoms with Crippen LogP contribution in [0.25, 0.3) is 0 Å². The minimum atomic E-state index is 0.0787. The summed E-state index contributed by atoms with van der Waals surface area (Å²) in [4.78, 5) is 11.2. The molecule has 0 saturated heterocycles. The Morgan fingerprint density at radius 3 is 2.17 bits per heavy atom. The Morgan fingerprint density at radius 1 is 1.33 bits per heavy atom. The summed E-state index contributed by atoms with van der Waals surface area (Å²) >= 11 is 3.39. The highest BCUT2D eigenvalue weighted by molar-refractivity contribution is 9.09. The first-order valence-electron chi connectivity index (χ1n) is 4.35. The molecule has 0 aromatic heterocycles. The van der Waals surface area contributed by atoms with Crippen molar-refractivity contribution in [2.24, 2.45) is 11.8 Å². The van der Waals surface area contributed by atoms with Gasteiger partial charge in [0.2, 0.25) is 5.91 Å². The molecule has 0 aromatic carbocycles. The van der Waals surface area contributed by atoms with Gasteiger partial charge in [0.1, 0.15) is 0 Å². The Labute approximate surface area is 83.2 Å². The summed E-state index contributed by atoms with van der Waals surface area (Å²) in [5, 5.41) is 3.88. The molecule has 12 heavy (non-hydrogen) atoms. The number of hydrogen-bond donors (Lipinski definition) is 1. The smallest absolute Gasteiger partial charge is 0.222 e. The van der Waals surface area contributed by atoms with Crippen molar-refractivity contribution in [1.82, 2.24) is 5.32 Å². The highest BCUT2D eigenvalue weighted by Gasteiger charge is 2.15. The molecule has 2 nitrogen and oxygen atoms in total. The van der Waals surface area contributed by atoms with Gasteiger partial charge >= 0.3 is 0 Å². The van der Waals surface area contributed by atoms with E-state index in [1.54, 1.807) is 0 Å². The Balaban J connectivity index is 3.83. The van der Waals surface area contributed by atoms with Gasteiger partial charge in [-0.3, -0.25) is 4.79 Å². The van der Waals surface area contributed by atoms with Gasteiger partial charge in [0, 0.05) is 17.3 Å². The lowest BCUT2D eigenvalue weighted by atomic mass is 10.1. The molecule has 0 rings (SSSR count). The van der Waals surface area contributed by atoms with Gasteiger partial charge in [0.15, 0.2) is 0 Å². The van der Waals surface area contributed by atoms with E-state index in [-0.39, 0.29) is 17.9 Å². The maximum absolute atomic E-state index is 11.2. The van der Waals surface area contributed by atoms with Crippen LogP contribution in [0.1, 0.15) is 27.7 Å². The monoisotopic (exact) mass is 235 g/mol. The first kappa shape index (κ1) is 11.9. The lowest BCUT2D eigenvalue weighted by Crippen LogP contribution is -2.39. The zero-order chi connectivity index (χ0) is 9.72. The van der Waals surface area contributed by atoms with E-state index in [1.165, 1.54) is 0 Å². The molecule has 0 aliphatic heterocycles. The van der Waals surface area contributed by atoms with Gasteiger partial charge in [0.05, 0.1) is 0 Å². The highest BCUT2D eigenvalue weighted by Crippen LogP contribution is 2.06. The summed E-state index contributed by atoms with van der Waals surface area (Å²) in [5.74, 6) is 0.693. The third-order valence-electron chi connectivity index (χ3n) is 1.99. The van der Waals surface area contributed by atoms with Gasteiger partial charge in [-0.1, -0.05) is 36.7 Å². The highest BCUT2D eigenvalue weighted by atomic mass is 79.9. The molecule has 0 aromatic rings. The molecule has 2 atom stereocenters. The summed E-state index contributed by atoms with van der Waals surface area (Å²) in [6, 6.07) is 0.249. The van der Waals surface area contributed by atoms with Crippen LogP contribution in [0.4, 0.5) is 0 Å². The standard InChI is InChI=1S/C9H18BrNO/c1-6(2)9(12)11-8(4)7(3)5-10/h6-8H,5H2,1-4H3,(H,11,12). The fourth-order valence-electron chi connectivity index (χ4n) is 0.667. The number of rotatable bonds is 4. The molecule has 0 spiro atoms. The van der Waals surface area contributed by atoms with Crippen molar-refractivity contribution in [2.75, 3.05) is 5.33 Å². The molecular formula is C9H18BrNO. The van der Waals surface area contributed by atoms with Gasteiger partial charge in [-0.15, -0.1) is 0 Å². The quantitative estimate of drug-likeness (QED) is 0.745. The van der Waals surface area contributed by atoms with Gasteiger partial charge in [-0.25, -0.2) is 0 Å². The van der Waals surface area contributed by atoms with Gasteiger partial charge < -0.3 is 5.32 Å². The van der Waals surface area contributed by atoms with E-state index in [9.17, 15) is 4.79 Å². The average molecular weight is 236 g/mol. The van der Waals surface area contributed by atoms with Gasteiger partial charge in [-0.05, 0) is 12.8 Å². The predicted molar refractivity (Wildman–Crippen MR) is 55.4 cm³/mol. The van der Waals surface area contributed by atoms with Crippen LogP contribution in [-0.2, 0) is 4.79 Å². The number of hydrogen-bond acceptors (Lipinski definition) is 1. The minimum Gasteiger partial charge on any atom is -0.353 e. The molecule has 0 heterocycles. The molecular weight excluding hydrogens is 218 g/mol. The number of amides is 1. The number of carbonyl (C=O) groups is 1. The molecule has 0 aliphatic carbocycles. The molecule has 72 valence electrons. The van der Waals surface area contributed by atoms with Crippen molar-refractivity contribution in [3.8, 4) is 0 Å². The van der Waals surface area contributed by atoms with Crippen LogP contribution in [0.5, 0.6) is 0 Å². The Morgan fingerprint density at radius 2 is 1.83 bits per heavy atom. The maximum Gasteiger partial charge on any atom is 0.222 e. The Hall–Kier alpha value is -0.0500. The zero-order valence-electron chi connectivity index (χ0n) is 8.23. The fraction of sp³-hybridized carbons (Fsp3) is 0.889. The predicted octanol–water partition coefficient (Wildman–Crippen LogP) is 2.18. The molecule has 1 N–H and O–H groups in total. The van der Waals surface area contributed by atoms with Crippen molar-refractivity contribution >= 4 is 21.8 Å². The number of carbonyl (C=O) groups excluding carboxylic acids is 1. The molecule has 0 aliphatic rings. The lowest BCUT2D eigenvalue weighted by molar-refractivity contribution is -0.124. The van der Waals surface area contributed by atoms with E-state index in [4.69, 9.17) is 0 Å². The van der Waals surface area contributed by atoms with E-state index >= 15 is 0 Å². The van der Waals surface area contributed by atoms with Gasteiger partial charge in [-0.2, -0.15) is 0 Å². The Bertz CT molecular complexity index is 147. The molecule has 0 bridgehead atoms. The van der Waals surface area contributed by atoms with Crippen LogP contribution in [0, 0.1) is 11.8 Å². The SMILES string of the molecule is CC(C)C(=O)NC(C)C(C)CBr. The van der Waals surface area contributed by atoms with Crippen LogP contribution >= 0.6 is 15.9 Å². The normalized spacial score (nSPS) is 15.8. The third kappa shape index (κ3) is 4.10. The topological polar surface area (TPSA) is 29.1 Å². The van der Waals surface area contributed by atoms with Crippen molar-refractivity contribution < 1.29 is 4.79 Å². The van der Waals surface area contributed by atoms with Crippen LogP contribution in [0.3, 0.4) is 0 Å². The van der Waals surface area contributed by atoms with Crippen molar-refractivity contribution in [3.63, 3.8) is 0 Å². The largest absolute Gasteiger partial charge is 0.353 e. The molecule has 1 amide bonds. The van der Waals surface area contributed by atoms with Crippen molar-refractivity contribution in [1.29, 1.82) is 0 Å². The van der Waals surface area contributed by atoms with Crippen LogP contribution < -0.4 is 5.32 Å². The molecule has 0 saturated carbocycles. The molecule has 3 heteroatoms. The number of halogens is 1. The van der Waals surface area contributed by atoms with E-state index in [2.05, 4.69) is 28.2 Å². The summed E-state index contributed by atoms with van der Waals surface area (Å²) < 4.78 is 0.